The third kappa shape index (κ3) is 7.80. The van der Waals surface area contributed by atoms with Gasteiger partial charge in [0.2, 0.25) is 5.95 Å². The van der Waals surface area contributed by atoms with Gasteiger partial charge in [0, 0.05) is 67.6 Å². The van der Waals surface area contributed by atoms with E-state index in [0.29, 0.717) is 16.7 Å². The quantitative estimate of drug-likeness (QED) is 0.311. The molecular formula is C27H37N7O2S. The molecule has 0 radical (unpaired) electrons. The van der Waals surface area contributed by atoms with Gasteiger partial charge in [0.1, 0.15) is 5.82 Å². The molecule has 0 saturated carbocycles. The highest BCUT2D eigenvalue weighted by Crippen LogP contribution is 2.25. The first kappa shape index (κ1) is 27.2. The maximum absolute atomic E-state index is 12.7. The molecule has 2 aromatic carbocycles. The average Bonchev–Trinajstić information content (AvgIpc) is 2.86. The Morgan fingerprint density at radius 1 is 1.00 bits per heavy atom. The van der Waals surface area contributed by atoms with Crippen molar-refractivity contribution in [1.29, 1.82) is 0 Å². The number of benzene rings is 2. The number of aromatic nitrogens is 2. The van der Waals surface area contributed by atoms with E-state index in [1.165, 1.54) is 5.69 Å². The van der Waals surface area contributed by atoms with E-state index in [4.69, 9.17) is 5.11 Å². The number of piperazine rings is 1. The maximum atomic E-state index is 12.7. The summed E-state index contributed by atoms with van der Waals surface area (Å²) in [6.45, 7) is 12.7. The molecular weight excluding hydrogens is 486 g/mol. The zero-order valence-corrected chi connectivity index (χ0v) is 22.8. The highest BCUT2D eigenvalue weighted by atomic mass is 32.2. The second-order valence-electron chi connectivity index (χ2n) is 10.2. The lowest BCUT2D eigenvalue weighted by Gasteiger charge is -2.35. The molecule has 198 valence electrons. The summed E-state index contributed by atoms with van der Waals surface area (Å²) >= 11 is -1.32. The minimum atomic E-state index is -1.32. The Kier molecular flexibility index (Phi) is 8.88. The highest BCUT2D eigenvalue weighted by molar-refractivity contribution is 7.89. The monoisotopic (exact) mass is 523 g/mol. The van der Waals surface area contributed by atoms with E-state index in [0.717, 1.165) is 49.7 Å². The molecule has 1 aromatic heterocycles. The second-order valence-corrected chi connectivity index (χ2v) is 11.4. The number of nitrogens with one attached hydrogen (secondary N) is 3. The molecule has 3 aromatic rings. The van der Waals surface area contributed by atoms with Crippen molar-refractivity contribution in [2.24, 2.45) is 0 Å². The molecule has 4 N–H and O–H groups in total. The molecule has 1 unspecified atom stereocenters. The molecule has 1 saturated heterocycles. The lowest BCUT2D eigenvalue weighted by molar-refractivity contribution is 0.189. The van der Waals surface area contributed by atoms with E-state index in [-0.39, 0.29) is 12.1 Å². The molecule has 1 fully saturated rings. The van der Waals surface area contributed by atoms with Crippen LogP contribution < -0.4 is 20.3 Å². The number of aryl methyl sites for hydroxylation is 1. The topological polar surface area (TPSA) is 112 Å². The number of anilines is 5. The molecule has 0 spiro atoms. The summed E-state index contributed by atoms with van der Waals surface area (Å²) in [6, 6.07) is 15.8. The fourth-order valence-electron chi connectivity index (χ4n) is 4.05. The average molecular weight is 524 g/mol. The molecule has 2 heterocycles. The number of aliphatic hydroxyl groups excluding tert-OH is 1. The van der Waals surface area contributed by atoms with Crippen molar-refractivity contribution in [3.8, 4) is 0 Å². The third-order valence-corrected chi connectivity index (χ3v) is 7.44. The minimum Gasteiger partial charge on any atom is -0.593 e. The molecule has 1 aliphatic rings. The smallest absolute Gasteiger partial charge is 0.229 e. The Hall–Kier alpha value is -2.89. The van der Waals surface area contributed by atoms with E-state index >= 15 is 0 Å². The number of hydrogen-bond acceptors (Lipinski definition) is 9. The van der Waals surface area contributed by atoms with E-state index in [1.54, 1.807) is 6.20 Å². The summed E-state index contributed by atoms with van der Waals surface area (Å²) in [5.74, 6) is 1.18. The first-order valence-electron chi connectivity index (χ1n) is 12.6. The highest BCUT2D eigenvalue weighted by Gasteiger charge is 2.21. The molecule has 1 aliphatic heterocycles. The number of nitrogens with zero attached hydrogens (tertiary/aromatic N) is 4. The standard InChI is InChI=1S/C27H37N7O2S/c1-20-19-28-26(30-21-8-10-23(11-9-21)34-14-12-33(13-15-34)16-17-35)31-25(20)29-22-6-5-7-24(18-22)37(36)32-27(2,3)4/h5-11,18-19,32,35H,12-17H2,1-4H3,(H2,28,29,30,31). The van der Waals surface area contributed by atoms with Crippen LogP contribution in [0, 0.1) is 6.92 Å². The summed E-state index contributed by atoms with van der Waals surface area (Å²) in [4.78, 5) is 14.5. The van der Waals surface area contributed by atoms with Crippen LogP contribution in [0.3, 0.4) is 0 Å². The predicted octanol–water partition coefficient (Wildman–Crippen LogP) is 3.80. The van der Waals surface area contributed by atoms with Crippen molar-refractivity contribution >= 4 is 40.2 Å². The van der Waals surface area contributed by atoms with Crippen LogP contribution in [0.1, 0.15) is 26.3 Å². The van der Waals surface area contributed by atoms with Gasteiger partial charge in [0.25, 0.3) is 0 Å². The van der Waals surface area contributed by atoms with Crippen LogP contribution in [0.4, 0.5) is 28.8 Å². The van der Waals surface area contributed by atoms with Crippen LogP contribution in [0.25, 0.3) is 0 Å². The molecule has 10 heteroatoms. The number of hydrogen-bond donors (Lipinski definition) is 4. The van der Waals surface area contributed by atoms with E-state index in [9.17, 15) is 4.55 Å². The Morgan fingerprint density at radius 2 is 1.73 bits per heavy atom. The Labute approximate surface area is 222 Å². The molecule has 0 amide bonds. The first-order chi connectivity index (χ1) is 17.7. The van der Waals surface area contributed by atoms with Crippen LogP contribution in [0.2, 0.25) is 0 Å². The zero-order valence-electron chi connectivity index (χ0n) is 22.0. The van der Waals surface area contributed by atoms with Crippen LogP contribution in [-0.2, 0) is 11.4 Å². The first-order valence-corrected chi connectivity index (χ1v) is 13.7. The van der Waals surface area contributed by atoms with Crippen molar-refractivity contribution in [3.05, 3.63) is 60.3 Å². The van der Waals surface area contributed by atoms with Crippen molar-refractivity contribution in [2.75, 3.05) is 54.9 Å². The van der Waals surface area contributed by atoms with Gasteiger partial charge < -0.3 is 25.2 Å². The van der Waals surface area contributed by atoms with Gasteiger partial charge in [-0.05, 0) is 64.1 Å². The Bertz CT molecular complexity index is 1160. The van der Waals surface area contributed by atoms with Crippen molar-refractivity contribution in [3.63, 3.8) is 0 Å². The maximum Gasteiger partial charge on any atom is 0.229 e. The SMILES string of the molecule is Cc1cnc(Nc2ccc(N3CCN(CCO)CC3)cc2)nc1Nc1cccc([S+]([O-])NC(C)(C)C)c1. The number of aliphatic hydroxyl groups is 1. The van der Waals surface area contributed by atoms with Gasteiger partial charge >= 0.3 is 0 Å². The van der Waals surface area contributed by atoms with Gasteiger partial charge in [-0.25, -0.2) is 4.98 Å². The summed E-state index contributed by atoms with van der Waals surface area (Å²) in [5.41, 5.74) is 3.53. The molecule has 0 aliphatic carbocycles. The number of β-amino-alcohol motifs (C(OH)–C–C–N with tert-alkyl or cyclic N) is 1. The molecule has 1 atom stereocenters. The Morgan fingerprint density at radius 3 is 2.41 bits per heavy atom. The fourth-order valence-corrected chi connectivity index (χ4v) is 5.16. The summed E-state index contributed by atoms with van der Waals surface area (Å²) < 4.78 is 15.8. The zero-order chi connectivity index (χ0) is 26.4. The number of rotatable bonds is 9. The normalized spacial score (nSPS) is 15.5. The second kappa shape index (κ2) is 12.1. The summed E-state index contributed by atoms with van der Waals surface area (Å²) in [6.07, 6.45) is 1.78. The molecule has 4 rings (SSSR count). The largest absolute Gasteiger partial charge is 0.593 e. The third-order valence-electron chi connectivity index (χ3n) is 5.96. The van der Waals surface area contributed by atoms with Crippen LogP contribution in [0.5, 0.6) is 0 Å². The van der Waals surface area contributed by atoms with Crippen molar-refractivity contribution in [1.82, 2.24) is 19.6 Å². The van der Waals surface area contributed by atoms with Gasteiger partial charge in [-0.2, -0.15) is 4.98 Å². The van der Waals surface area contributed by atoms with Gasteiger partial charge in [-0.15, -0.1) is 4.72 Å². The van der Waals surface area contributed by atoms with Crippen LogP contribution >= 0.6 is 0 Å². The predicted molar refractivity (Wildman–Crippen MR) is 151 cm³/mol. The van der Waals surface area contributed by atoms with Crippen LogP contribution in [0.15, 0.2) is 59.6 Å². The van der Waals surface area contributed by atoms with Crippen molar-refractivity contribution < 1.29 is 9.66 Å². The van der Waals surface area contributed by atoms with Gasteiger partial charge in [0.05, 0.1) is 23.5 Å². The summed E-state index contributed by atoms with van der Waals surface area (Å²) in [5, 5.41) is 15.8. The molecule has 0 bridgehead atoms. The van der Waals surface area contributed by atoms with E-state index in [1.807, 2.05) is 64.1 Å². The Balaban J connectivity index is 1.40. The minimum absolute atomic E-state index is 0.209. The van der Waals surface area contributed by atoms with Gasteiger partial charge in [-0.1, -0.05) is 6.07 Å². The molecule has 9 nitrogen and oxygen atoms in total. The van der Waals surface area contributed by atoms with Gasteiger partial charge in [-0.3, -0.25) is 4.90 Å². The van der Waals surface area contributed by atoms with Crippen molar-refractivity contribution in [2.45, 2.75) is 38.1 Å². The summed E-state index contributed by atoms with van der Waals surface area (Å²) in [7, 11) is 0. The van der Waals surface area contributed by atoms with E-state index in [2.05, 4.69) is 47.3 Å². The lowest BCUT2D eigenvalue weighted by atomic mass is 10.1. The fraction of sp³-hybridized carbons (Fsp3) is 0.407. The lowest BCUT2D eigenvalue weighted by Crippen LogP contribution is -2.47. The molecule has 37 heavy (non-hydrogen) atoms. The van der Waals surface area contributed by atoms with E-state index < -0.39 is 11.4 Å². The van der Waals surface area contributed by atoms with Crippen LogP contribution in [-0.4, -0.2) is 69.4 Å². The van der Waals surface area contributed by atoms with Gasteiger partial charge in [0.15, 0.2) is 4.90 Å².